The van der Waals surface area contributed by atoms with Gasteiger partial charge in [0.2, 0.25) is 0 Å². The molecule has 4 unspecified atom stereocenters. The van der Waals surface area contributed by atoms with Crippen molar-refractivity contribution in [1.29, 1.82) is 0 Å². The number of nitrogens with zero attached hydrogens (tertiary/aromatic N) is 1. The third kappa shape index (κ3) is 2.21. The van der Waals surface area contributed by atoms with E-state index in [2.05, 4.69) is 4.98 Å². The van der Waals surface area contributed by atoms with Crippen LogP contribution < -0.4 is 0 Å². The van der Waals surface area contributed by atoms with Gasteiger partial charge >= 0.3 is 5.97 Å². The second-order valence-electron chi connectivity index (χ2n) is 6.08. The molecule has 0 radical (unpaired) electrons. The van der Waals surface area contributed by atoms with Crippen LogP contribution in [0.4, 0.5) is 13.2 Å². The Morgan fingerprint density at radius 3 is 2.76 bits per heavy atom. The summed E-state index contributed by atoms with van der Waals surface area (Å²) in [6.07, 6.45) is 0.0609. The van der Waals surface area contributed by atoms with Crippen LogP contribution in [-0.2, 0) is 4.79 Å². The van der Waals surface area contributed by atoms with Crippen LogP contribution in [0, 0.1) is 30.5 Å². The Kier molecular flexibility index (Phi) is 3.22. The molecule has 2 saturated carbocycles. The molecule has 0 saturated heterocycles. The molecule has 0 amide bonds. The number of aromatic nitrogens is 1. The number of rotatable bonds is 2. The van der Waals surface area contributed by atoms with Crippen LogP contribution in [0.25, 0.3) is 0 Å². The van der Waals surface area contributed by atoms with Crippen molar-refractivity contribution in [2.45, 2.75) is 38.0 Å². The average molecular weight is 299 g/mol. The minimum atomic E-state index is -2.80. The van der Waals surface area contributed by atoms with Crippen LogP contribution in [0.3, 0.4) is 0 Å². The minimum absolute atomic E-state index is 0.0320. The van der Waals surface area contributed by atoms with E-state index in [4.69, 9.17) is 0 Å². The molecule has 2 fully saturated rings. The van der Waals surface area contributed by atoms with Crippen molar-refractivity contribution in [2.75, 3.05) is 0 Å². The number of alkyl halides is 2. The van der Waals surface area contributed by atoms with E-state index < -0.39 is 41.4 Å². The molecule has 4 atom stereocenters. The number of aliphatic carboxylic acids is 1. The second kappa shape index (κ2) is 4.71. The van der Waals surface area contributed by atoms with Gasteiger partial charge in [0.15, 0.2) is 0 Å². The van der Waals surface area contributed by atoms with Gasteiger partial charge in [-0.1, -0.05) is 0 Å². The molecule has 114 valence electrons. The average Bonchev–Trinajstić information content (AvgIpc) is 2.92. The lowest BCUT2D eigenvalue weighted by molar-refractivity contribution is -0.142. The van der Waals surface area contributed by atoms with Crippen molar-refractivity contribution in [2.24, 2.45) is 17.8 Å². The number of hydrogen-bond donors (Lipinski definition) is 1. The second-order valence-corrected chi connectivity index (χ2v) is 6.08. The fraction of sp³-hybridized carbons (Fsp3) is 0.600. The smallest absolute Gasteiger partial charge is 0.307 e. The summed E-state index contributed by atoms with van der Waals surface area (Å²) in [6, 6.07) is 2.67. The van der Waals surface area contributed by atoms with Crippen LogP contribution in [0.1, 0.15) is 36.6 Å². The van der Waals surface area contributed by atoms with E-state index in [1.54, 1.807) is 0 Å². The number of hydrogen-bond acceptors (Lipinski definition) is 2. The van der Waals surface area contributed by atoms with Crippen molar-refractivity contribution >= 4 is 5.97 Å². The van der Waals surface area contributed by atoms with E-state index in [1.807, 2.05) is 0 Å². The Balaban J connectivity index is 2.01. The highest BCUT2D eigenvalue weighted by Crippen LogP contribution is 2.60. The predicted octanol–water partition coefficient (Wildman–Crippen LogP) is 3.38. The lowest BCUT2D eigenvalue weighted by atomic mass is 9.84. The van der Waals surface area contributed by atoms with E-state index in [-0.39, 0.29) is 18.5 Å². The number of halogens is 3. The molecule has 0 bridgehead atoms. The van der Waals surface area contributed by atoms with E-state index in [0.717, 1.165) is 0 Å². The third-order valence-electron chi connectivity index (χ3n) is 4.97. The fourth-order valence-corrected chi connectivity index (χ4v) is 3.98. The zero-order chi connectivity index (χ0) is 15.4. The van der Waals surface area contributed by atoms with Crippen molar-refractivity contribution in [3.8, 4) is 0 Å². The minimum Gasteiger partial charge on any atom is -0.481 e. The number of aryl methyl sites for hydroxylation is 1. The maximum atomic E-state index is 13.9. The molecule has 1 aromatic rings. The Bertz CT molecular complexity index is 590. The molecule has 1 heterocycles. The van der Waals surface area contributed by atoms with E-state index in [1.165, 1.54) is 19.1 Å². The maximum absolute atomic E-state index is 13.9. The van der Waals surface area contributed by atoms with Crippen molar-refractivity contribution in [3.05, 3.63) is 29.3 Å². The van der Waals surface area contributed by atoms with Gasteiger partial charge in [0.05, 0.1) is 11.6 Å². The number of pyridine rings is 1. The van der Waals surface area contributed by atoms with Gasteiger partial charge in [0, 0.05) is 24.0 Å². The van der Waals surface area contributed by atoms with Gasteiger partial charge in [0.25, 0.3) is 5.92 Å². The lowest BCUT2D eigenvalue weighted by Crippen LogP contribution is -2.23. The first-order valence-electron chi connectivity index (χ1n) is 7.05. The molecule has 21 heavy (non-hydrogen) atoms. The van der Waals surface area contributed by atoms with Gasteiger partial charge < -0.3 is 5.11 Å². The zero-order valence-electron chi connectivity index (χ0n) is 11.5. The molecule has 6 heteroatoms. The van der Waals surface area contributed by atoms with Gasteiger partial charge in [0.1, 0.15) is 5.82 Å². The number of fused-ring (bicyclic) bond motifs is 1. The summed E-state index contributed by atoms with van der Waals surface area (Å²) in [5.74, 6) is -7.08. The molecule has 0 spiro atoms. The quantitative estimate of drug-likeness (QED) is 0.910. The SMILES string of the molecule is Cc1nc(C2C(C(=O)O)CC3C2CCC3(F)F)ccc1F. The maximum Gasteiger partial charge on any atom is 0.307 e. The third-order valence-corrected chi connectivity index (χ3v) is 4.97. The predicted molar refractivity (Wildman–Crippen MR) is 68.6 cm³/mol. The first-order chi connectivity index (χ1) is 9.81. The van der Waals surface area contributed by atoms with Gasteiger partial charge in [-0.15, -0.1) is 0 Å². The number of carboxylic acid groups (broad SMARTS) is 1. The number of carbonyl (C=O) groups is 1. The zero-order valence-corrected chi connectivity index (χ0v) is 11.5. The molecule has 3 rings (SSSR count). The molecule has 0 aliphatic heterocycles. The van der Waals surface area contributed by atoms with Crippen LogP contribution >= 0.6 is 0 Å². The van der Waals surface area contributed by atoms with Gasteiger partial charge in [-0.3, -0.25) is 9.78 Å². The Hall–Kier alpha value is -1.59. The molecule has 1 N–H and O–H groups in total. The summed E-state index contributed by atoms with van der Waals surface area (Å²) in [5.41, 5.74) is 0.594. The van der Waals surface area contributed by atoms with Gasteiger partial charge in [-0.05, 0) is 37.8 Å². The van der Waals surface area contributed by atoms with Gasteiger partial charge in [-0.2, -0.15) is 0 Å². The number of carboxylic acids is 1. The summed E-state index contributed by atoms with van der Waals surface area (Å²) < 4.78 is 41.1. The van der Waals surface area contributed by atoms with E-state index in [0.29, 0.717) is 12.1 Å². The molecule has 0 aromatic carbocycles. The van der Waals surface area contributed by atoms with E-state index in [9.17, 15) is 23.1 Å². The molecular formula is C15H16F3NO2. The molecule has 3 nitrogen and oxygen atoms in total. The largest absolute Gasteiger partial charge is 0.481 e. The summed E-state index contributed by atoms with van der Waals surface area (Å²) >= 11 is 0. The normalized spacial score (nSPS) is 33.9. The van der Waals surface area contributed by atoms with Crippen LogP contribution in [0.5, 0.6) is 0 Å². The van der Waals surface area contributed by atoms with E-state index >= 15 is 0 Å². The highest BCUT2D eigenvalue weighted by molar-refractivity contribution is 5.72. The highest BCUT2D eigenvalue weighted by Gasteiger charge is 2.60. The molecule has 2 aliphatic carbocycles. The first-order valence-corrected chi connectivity index (χ1v) is 7.05. The van der Waals surface area contributed by atoms with Crippen LogP contribution in [0.15, 0.2) is 12.1 Å². The van der Waals surface area contributed by atoms with Crippen molar-refractivity contribution in [3.63, 3.8) is 0 Å². The molecular weight excluding hydrogens is 283 g/mol. The van der Waals surface area contributed by atoms with Gasteiger partial charge in [-0.25, -0.2) is 13.2 Å². The van der Waals surface area contributed by atoms with Crippen molar-refractivity contribution < 1.29 is 23.1 Å². The molecule has 1 aromatic heterocycles. The summed E-state index contributed by atoms with van der Waals surface area (Å²) in [5, 5.41) is 9.35. The summed E-state index contributed by atoms with van der Waals surface area (Å²) in [4.78, 5) is 15.5. The Morgan fingerprint density at radius 1 is 1.43 bits per heavy atom. The topological polar surface area (TPSA) is 50.2 Å². The molecule has 2 aliphatic rings. The Labute approximate surface area is 120 Å². The fourth-order valence-electron chi connectivity index (χ4n) is 3.98. The van der Waals surface area contributed by atoms with Crippen LogP contribution in [-0.4, -0.2) is 22.0 Å². The summed E-state index contributed by atoms with van der Waals surface area (Å²) in [7, 11) is 0. The Morgan fingerprint density at radius 2 is 2.14 bits per heavy atom. The van der Waals surface area contributed by atoms with Crippen molar-refractivity contribution in [1.82, 2.24) is 4.98 Å². The highest BCUT2D eigenvalue weighted by atomic mass is 19.3. The standard InChI is InChI=1S/C15H16F3NO2/c1-7-11(16)2-3-12(19-7)13-8-4-5-15(17,18)10(8)6-9(13)14(20)21/h2-3,8-10,13H,4-6H2,1H3,(H,20,21). The lowest BCUT2D eigenvalue weighted by Gasteiger charge is -2.21. The first kappa shape index (κ1) is 14.4. The monoisotopic (exact) mass is 299 g/mol. The summed E-state index contributed by atoms with van der Waals surface area (Å²) in [6.45, 7) is 1.49. The van der Waals surface area contributed by atoms with Crippen LogP contribution in [0.2, 0.25) is 0 Å².